The van der Waals surface area contributed by atoms with Gasteiger partial charge in [-0.2, -0.15) is 0 Å². The van der Waals surface area contributed by atoms with Crippen LogP contribution in [-0.2, 0) is 5.75 Å². The maximum absolute atomic E-state index is 11.9. The van der Waals surface area contributed by atoms with Crippen LogP contribution in [0.1, 0.15) is 31.3 Å². The average Bonchev–Trinajstić information content (AvgIpc) is 2.39. The van der Waals surface area contributed by atoms with Crippen LogP contribution in [0, 0.1) is 3.57 Å². The number of benzene rings is 1. The number of hydrogen-bond acceptors (Lipinski definition) is 3. The molecular weight excluding hydrogens is 407 g/mol. The van der Waals surface area contributed by atoms with Gasteiger partial charge in [0.2, 0.25) is 0 Å². The van der Waals surface area contributed by atoms with E-state index in [1.807, 2.05) is 38.1 Å². The lowest BCUT2D eigenvalue weighted by molar-refractivity contribution is 0.783. The third-order valence-electron chi connectivity index (χ3n) is 2.66. The summed E-state index contributed by atoms with van der Waals surface area (Å²) in [6.45, 7) is 4.08. The van der Waals surface area contributed by atoms with Crippen LogP contribution in [0.2, 0.25) is 5.02 Å². The van der Waals surface area contributed by atoms with Gasteiger partial charge in [-0.1, -0.05) is 31.5 Å². The highest BCUT2D eigenvalue weighted by Gasteiger charge is 2.12. The van der Waals surface area contributed by atoms with Crippen molar-refractivity contribution in [1.29, 1.82) is 0 Å². The first-order valence-corrected chi connectivity index (χ1v) is 8.58. The van der Waals surface area contributed by atoms with Crippen molar-refractivity contribution in [2.45, 2.75) is 30.4 Å². The van der Waals surface area contributed by atoms with Crippen LogP contribution in [0.3, 0.4) is 0 Å². The van der Waals surface area contributed by atoms with E-state index in [1.165, 1.54) is 0 Å². The van der Waals surface area contributed by atoms with E-state index >= 15 is 0 Å². The van der Waals surface area contributed by atoms with Crippen molar-refractivity contribution in [2.75, 3.05) is 0 Å². The van der Waals surface area contributed by atoms with Gasteiger partial charge in [-0.25, -0.2) is 4.98 Å². The van der Waals surface area contributed by atoms with Crippen LogP contribution < -0.4 is 5.56 Å². The molecule has 3 nitrogen and oxygen atoms in total. The minimum Gasteiger partial charge on any atom is -0.309 e. The summed E-state index contributed by atoms with van der Waals surface area (Å²) < 4.78 is 0.675. The summed E-state index contributed by atoms with van der Waals surface area (Å²) in [5.41, 5.74) is 0.794. The predicted molar refractivity (Wildman–Crippen MR) is 92.7 cm³/mol. The maximum Gasteiger partial charge on any atom is 0.264 e. The number of thioether (sulfide) groups is 1. The summed E-state index contributed by atoms with van der Waals surface area (Å²) >= 11 is 9.61. The quantitative estimate of drug-likeness (QED) is 0.587. The molecule has 0 aliphatic rings. The second-order valence-electron chi connectivity index (χ2n) is 4.61. The van der Waals surface area contributed by atoms with E-state index in [9.17, 15) is 4.79 Å². The second kappa shape index (κ2) is 6.95. The smallest absolute Gasteiger partial charge is 0.264 e. The Labute approximate surface area is 140 Å². The average molecular weight is 421 g/mol. The highest BCUT2D eigenvalue weighted by molar-refractivity contribution is 14.1. The molecule has 0 spiro atoms. The fourth-order valence-electron chi connectivity index (χ4n) is 1.68. The highest BCUT2D eigenvalue weighted by Crippen LogP contribution is 2.24. The molecule has 0 unspecified atom stereocenters. The lowest BCUT2D eigenvalue weighted by atomic mass is 10.1. The fourth-order valence-corrected chi connectivity index (χ4v) is 3.64. The van der Waals surface area contributed by atoms with Crippen LogP contribution in [0.25, 0.3) is 0 Å². The molecule has 0 aliphatic heterocycles. The molecule has 1 aromatic carbocycles. The number of hydrogen-bond donors (Lipinski definition) is 1. The first-order valence-electron chi connectivity index (χ1n) is 6.14. The van der Waals surface area contributed by atoms with Crippen molar-refractivity contribution < 1.29 is 0 Å². The zero-order valence-electron chi connectivity index (χ0n) is 11.1. The van der Waals surface area contributed by atoms with Gasteiger partial charge in [-0.05, 0) is 46.7 Å². The van der Waals surface area contributed by atoms with Crippen LogP contribution >= 0.6 is 46.0 Å². The molecule has 106 valence electrons. The summed E-state index contributed by atoms with van der Waals surface area (Å²) in [5, 5.41) is 0.710. The fraction of sp³-hybridized carbons (Fsp3) is 0.286. The lowest BCUT2D eigenvalue weighted by Gasteiger charge is -2.09. The minimum absolute atomic E-state index is 0.0639. The van der Waals surface area contributed by atoms with E-state index < -0.39 is 0 Å². The molecule has 1 N–H and O–H groups in total. The van der Waals surface area contributed by atoms with Crippen LogP contribution in [0.4, 0.5) is 0 Å². The summed E-state index contributed by atoms with van der Waals surface area (Å²) in [6.07, 6.45) is 0. The Morgan fingerprint density at radius 1 is 1.45 bits per heavy atom. The number of nitrogens with zero attached hydrogens (tertiary/aromatic N) is 1. The summed E-state index contributed by atoms with van der Waals surface area (Å²) in [4.78, 5) is 20.3. The van der Waals surface area contributed by atoms with Gasteiger partial charge in [0.15, 0.2) is 0 Å². The normalized spacial score (nSPS) is 11.1. The van der Waals surface area contributed by atoms with Crippen molar-refractivity contribution >= 4 is 46.0 Å². The molecule has 0 amide bonds. The van der Waals surface area contributed by atoms with Crippen molar-refractivity contribution in [2.24, 2.45) is 0 Å². The number of rotatable bonds is 4. The zero-order valence-corrected chi connectivity index (χ0v) is 14.8. The van der Waals surface area contributed by atoms with Gasteiger partial charge < -0.3 is 4.98 Å². The van der Waals surface area contributed by atoms with Gasteiger partial charge in [0.05, 0.1) is 15.0 Å². The monoisotopic (exact) mass is 420 g/mol. The van der Waals surface area contributed by atoms with E-state index in [1.54, 1.807) is 11.8 Å². The van der Waals surface area contributed by atoms with Gasteiger partial charge >= 0.3 is 0 Å². The number of aromatic amines is 1. The Kier molecular flexibility index (Phi) is 5.51. The van der Waals surface area contributed by atoms with Gasteiger partial charge in [0.1, 0.15) is 5.82 Å². The molecule has 0 saturated carbocycles. The van der Waals surface area contributed by atoms with E-state index in [4.69, 9.17) is 11.6 Å². The summed E-state index contributed by atoms with van der Waals surface area (Å²) in [7, 11) is 0. The van der Waals surface area contributed by atoms with Crippen molar-refractivity contribution in [3.05, 3.63) is 54.7 Å². The van der Waals surface area contributed by atoms with Crippen molar-refractivity contribution in [3.63, 3.8) is 0 Å². The topological polar surface area (TPSA) is 45.8 Å². The molecule has 0 saturated heterocycles. The molecule has 1 aromatic heterocycles. The Morgan fingerprint density at radius 2 is 2.20 bits per heavy atom. The second-order valence-corrected chi connectivity index (χ2v) is 7.18. The number of halogens is 2. The van der Waals surface area contributed by atoms with Crippen molar-refractivity contribution in [1.82, 2.24) is 9.97 Å². The van der Waals surface area contributed by atoms with Crippen LogP contribution in [0.5, 0.6) is 0 Å². The Hall–Kier alpha value is -0.530. The van der Waals surface area contributed by atoms with E-state index in [0.717, 1.165) is 10.6 Å². The number of H-pyrrole nitrogens is 1. The van der Waals surface area contributed by atoms with Crippen LogP contribution in [-0.4, -0.2) is 9.97 Å². The number of aromatic nitrogens is 2. The molecule has 0 aliphatic carbocycles. The number of nitrogens with one attached hydrogen (secondary N) is 1. The molecule has 6 heteroatoms. The van der Waals surface area contributed by atoms with Crippen LogP contribution in [0.15, 0.2) is 34.0 Å². The molecule has 20 heavy (non-hydrogen) atoms. The van der Waals surface area contributed by atoms with E-state index in [2.05, 4.69) is 32.6 Å². The third-order valence-corrected chi connectivity index (χ3v) is 4.94. The summed E-state index contributed by atoms with van der Waals surface area (Å²) in [6, 6.07) is 7.65. The Bertz CT molecular complexity index is 672. The van der Waals surface area contributed by atoms with Crippen molar-refractivity contribution in [3.8, 4) is 0 Å². The lowest BCUT2D eigenvalue weighted by Crippen LogP contribution is -2.18. The first-order chi connectivity index (χ1) is 9.47. The largest absolute Gasteiger partial charge is 0.309 e. The molecular formula is C14H14ClIN2OS. The third kappa shape index (κ3) is 3.99. The molecule has 0 atom stereocenters. The zero-order chi connectivity index (χ0) is 14.7. The molecule has 0 radical (unpaired) electrons. The van der Waals surface area contributed by atoms with E-state index in [0.29, 0.717) is 20.2 Å². The maximum atomic E-state index is 11.9. The highest BCUT2D eigenvalue weighted by atomic mass is 127. The SMILES string of the molecule is CC(C)c1nc(CSc2cccc(Cl)c2)[nH]c(=O)c1I. The molecule has 2 rings (SSSR count). The molecule has 1 heterocycles. The van der Waals surface area contributed by atoms with Gasteiger partial charge in [-0.3, -0.25) is 4.79 Å². The Balaban J connectivity index is 2.20. The van der Waals surface area contributed by atoms with Gasteiger partial charge in [0.25, 0.3) is 5.56 Å². The summed E-state index contributed by atoms with van der Waals surface area (Å²) in [5.74, 6) is 1.55. The molecule has 0 fully saturated rings. The minimum atomic E-state index is -0.0639. The van der Waals surface area contributed by atoms with E-state index in [-0.39, 0.29) is 11.5 Å². The predicted octanol–water partition coefficient (Wildman–Crippen LogP) is 4.44. The first kappa shape index (κ1) is 15.9. The Morgan fingerprint density at radius 3 is 2.85 bits per heavy atom. The van der Waals surface area contributed by atoms with Gasteiger partial charge in [0, 0.05) is 9.92 Å². The van der Waals surface area contributed by atoms with Gasteiger partial charge in [-0.15, -0.1) is 11.8 Å². The standard InChI is InChI=1S/C14H14ClIN2OS/c1-8(2)13-12(16)14(19)18-11(17-13)7-20-10-5-3-4-9(15)6-10/h3-6,8H,7H2,1-2H3,(H,17,18,19). The molecule has 0 bridgehead atoms. The molecule has 2 aromatic rings.